The van der Waals surface area contributed by atoms with Crippen molar-refractivity contribution in [2.75, 3.05) is 67.5 Å². The van der Waals surface area contributed by atoms with Crippen LogP contribution in [0.3, 0.4) is 0 Å². The number of aliphatic hydroxyl groups excluding tert-OH is 1. The summed E-state index contributed by atoms with van der Waals surface area (Å²) in [6.45, 7) is 10.4. The lowest BCUT2D eigenvalue weighted by atomic mass is 10.3. The van der Waals surface area contributed by atoms with Gasteiger partial charge in [-0.15, -0.1) is 0 Å². The summed E-state index contributed by atoms with van der Waals surface area (Å²) in [5, 5.41) is 7.57. The molecule has 0 amide bonds. The van der Waals surface area contributed by atoms with Crippen LogP contribution in [0.15, 0.2) is 0 Å². The monoisotopic (exact) mass is 275 g/mol. The van der Waals surface area contributed by atoms with Gasteiger partial charge in [-0.05, 0) is 87.1 Å². The van der Waals surface area contributed by atoms with E-state index in [1.54, 1.807) is 6.92 Å². The molecule has 0 bridgehead atoms. The average Bonchev–Trinajstić information content (AvgIpc) is 2.29. The molecule has 0 unspecified atom stereocenters. The Labute approximate surface area is 121 Å². The molecule has 0 atom stereocenters. The summed E-state index contributed by atoms with van der Waals surface area (Å²) in [6, 6.07) is 0. The fourth-order valence-electron chi connectivity index (χ4n) is 1.87. The van der Waals surface area contributed by atoms with Crippen LogP contribution in [0.1, 0.15) is 33.1 Å². The summed E-state index contributed by atoms with van der Waals surface area (Å²) >= 11 is 0. The van der Waals surface area contributed by atoms with Gasteiger partial charge in [0, 0.05) is 6.61 Å². The van der Waals surface area contributed by atoms with Gasteiger partial charge >= 0.3 is 0 Å². The molecule has 19 heavy (non-hydrogen) atoms. The zero-order valence-corrected chi connectivity index (χ0v) is 14.2. The Kier molecular flexibility index (Phi) is 17.7. The minimum Gasteiger partial charge on any atom is -0.397 e. The maximum atomic E-state index is 7.57. The van der Waals surface area contributed by atoms with Crippen molar-refractivity contribution >= 4 is 0 Å². The molecular formula is C15H37N3O. The quantitative estimate of drug-likeness (QED) is 0.656. The van der Waals surface area contributed by atoms with E-state index in [2.05, 4.69) is 49.8 Å². The van der Waals surface area contributed by atoms with Gasteiger partial charge in [0.2, 0.25) is 0 Å². The first-order valence-electron chi connectivity index (χ1n) is 7.60. The average molecular weight is 275 g/mol. The first-order valence-corrected chi connectivity index (χ1v) is 7.60. The molecule has 0 aromatic carbocycles. The molecule has 4 nitrogen and oxygen atoms in total. The van der Waals surface area contributed by atoms with Gasteiger partial charge < -0.3 is 19.8 Å². The molecule has 1 N–H and O–H groups in total. The molecule has 0 radical (unpaired) electrons. The third kappa shape index (κ3) is 20.3. The molecule has 4 heteroatoms. The molecule has 0 heterocycles. The number of nitrogens with zero attached hydrogens (tertiary/aromatic N) is 3. The van der Waals surface area contributed by atoms with Crippen molar-refractivity contribution in [1.29, 1.82) is 0 Å². The second-order valence-electron chi connectivity index (χ2n) is 5.47. The molecule has 0 aromatic heterocycles. The molecule has 0 aliphatic heterocycles. The Morgan fingerprint density at radius 3 is 1.32 bits per heavy atom. The van der Waals surface area contributed by atoms with Crippen LogP contribution in [-0.4, -0.2) is 87.3 Å². The Bertz CT molecular complexity index is 149. The number of aliphatic hydroxyl groups is 1. The molecule has 0 spiro atoms. The minimum atomic E-state index is 0.250. The first-order chi connectivity index (χ1) is 8.97. The number of hydrogen-bond donors (Lipinski definition) is 1. The highest BCUT2D eigenvalue weighted by Crippen LogP contribution is 1.98. The van der Waals surface area contributed by atoms with Crippen LogP contribution in [0.4, 0.5) is 0 Å². The summed E-state index contributed by atoms with van der Waals surface area (Å²) < 4.78 is 0. The predicted octanol–water partition coefficient (Wildman–Crippen LogP) is 1.60. The van der Waals surface area contributed by atoms with E-state index in [4.69, 9.17) is 5.11 Å². The van der Waals surface area contributed by atoms with E-state index in [1.807, 2.05) is 0 Å². The predicted molar refractivity (Wildman–Crippen MR) is 85.8 cm³/mol. The van der Waals surface area contributed by atoms with Crippen molar-refractivity contribution in [1.82, 2.24) is 14.7 Å². The first kappa shape index (κ1) is 21.1. The van der Waals surface area contributed by atoms with Gasteiger partial charge in [0.05, 0.1) is 0 Å². The van der Waals surface area contributed by atoms with E-state index in [0.29, 0.717) is 0 Å². The van der Waals surface area contributed by atoms with Gasteiger partial charge in [0.25, 0.3) is 0 Å². The largest absolute Gasteiger partial charge is 0.397 e. The molecular weight excluding hydrogens is 238 g/mol. The maximum absolute atomic E-state index is 7.57. The summed E-state index contributed by atoms with van der Waals surface area (Å²) in [7, 11) is 8.60. The van der Waals surface area contributed by atoms with Gasteiger partial charge in [-0.2, -0.15) is 0 Å². The summed E-state index contributed by atoms with van der Waals surface area (Å²) in [5.41, 5.74) is 0. The van der Waals surface area contributed by atoms with Crippen molar-refractivity contribution in [2.24, 2.45) is 0 Å². The lowest BCUT2D eigenvalue weighted by Gasteiger charge is -2.23. The van der Waals surface area contributed by atoms with Crippen molar-refractivity contribution < 1.29 is 5.11 Å². The van der Waals surface area contributed by atoms with Crippen LogP contribution in [0.5, 0.6) is 0 Å². The fraction of sp³-hybridized carbons (Fsp3) is 1.00. The van der Waals surface area contributed by atoms with Crippen LogP contribution in [0, 0.1) is 0 Å². The lowest BCUT2D eigenvalue weighted by Crippen LogP contribution is -2.30. The van der Waals surface area contributed by atoms with Gasteiger partial charge in [-0.25, -0.2) is 0 Å². The van der Waals surface area contributed by atoms with E-state index in [1.165, 1.54) is 52.0 Å². The molecule has 0 aliphatic rings. The van der Waals surface area contributed by atoms with Crippen LogP contribution in [0.25, 0.3) is 0 Å². The number of hydrogen-bond acceptors (Lipinski definition) is 4. The Hall–Kier alpha value is -0.160. The highest BCUT2D eigenvalue weighted by molar-refractivity contribution is 4.59. The smallest absolute Gasteiger partial charge is 0.0402 e. The molecule has 0 saturated heterocycles. The summed E-state index contributed by atoms with van der Waals surface area (Å²) in [6.07, 6.45) is 3.84. The normalized spacial score (nSPS) is 11.1. The van der Waals surface area contributed by atoms with Gasteiger partial charge in [0.15, 0.2) is 0 Å². The van der Waals surface area contributed by atoms with Gasteiger partial charge in [-0.1, -0.05) is 6.92 Å². The van der Waals surface area contributed by atoms with E-state index >= 15 is 0 Å². The summed E-state index contributed by atoms with van der Waals surface area (Å²) in [5.74, 6) is 0. The zero-order chi connectivity index (χ0) is 15.1. The van der Waals surface area contributed by atoms with Crippen LogP contribution in [0.2, 0.25) is 0 Å². The maximum Gasteiger partial charge on any atom is 0.0402 e. The Morgan fingerprint density at radius 2 is 1.05 bits per heavy atom. The lowest BCUT2D eigenvalue weighted by molar-refractivity contribution is 0.241. The molecule has 118 valence electrons. The Morgan fingerprint density at radius 1 is 0.684 bits per heavy atom. The SMILES string of the molecule is CCCN(CCCN(C)C)CCCN(C)C.CCO. The van der Waals surface area contributed by atoms with Crippen molar-refractivity contribution in [3.8, 4) is 0 Å². The zero-order valence-electron chi connectivity index (χ0n) is 14.2. The van der Waals surface area contributed by atoms with Crippen molar-refractivity contribution in [3.63, 3.8) is 0 Å². The van der Waals surface area contributed by atoms with E-state index < -0.39 is 0 Å². The van der Waals surface area contributed by atoms with E-state index in [0.717, 1.165) is 0 Å². The second-order valence-corrected chi connectivity index (χ2v) is 5.47. The van der Waals surface area contributed by atoms with Crippen LogP contribution in [-0.2, 0) is 0 Å². The van der Waals surface area contributed by atoms with E-state index in [-0.39, 0.29) is 6.61 Å². The van der Waals surface area contributed by atoms with Crippen LogP contribution >= 0.6 is 0 Å². The fourth-order valence-corrected chi connectivity index (χ4v) is 1.87. The topological polar surface area (TPSA) is 30.0 Å². The van der Waals surface area contributed by atoms with Crippen LogP contribution < -0.4 is 0 Å². The second kappa shape index (κ2) is 15.9. The highest BCUT2D eigenvalue weighted by atomic mass is 16.2. The standard InChI is InChI=1S/C13H31N3.C2H6O/c1-6-9-16(12-7-10-14(2)3)13-8-11-15(4)5;1-2-3/h6-13H2,1-5H3;3H,2H2,1H3. The van der Waals surface area contributed by atoms with Gasteiger partial charge in [0.1, 0.15) is 0 Å². The molecule has 0 aliphatic carbocycles. The third-order valence-corrected chi connectivity index (χ3v) is 2.70. The molecule has 0 aromatic rings. The minimum absolute atomic E-state index is 0.250. The third-order valence-electron chi connectivity index (χ3n) is 2.70. The molecule has 0 fully saturated rings. The molecule has 0 rings (SSSR count). The summed E-state index contributed by atoms with van der Waals surface area (Å²) in [4.78, 5) is 7.14. The van der Waals surface area contributed by atoms with Gasteiger partial charge in [-0.3, -0.25) is 0 Å². The Balaban J connectivity index is 0. The molecule has 0 saturated carbocycles. The number of rotatable bonds is 10. The van der Waals surface area contributed by atoms with Crippen molar-refractivity contribution in [3.05, 3.63) is 0 Å². The highest BCUT2D eigenvalue weighted by Gasteiger charge is 2.03. The van der Waals surface area contributed by atoms with E-state index in [9.17, 15) is 0 Å². The van der Waals surface area contributed by atoms with Crippen molar-refractivity contribution in [2.45, 2.75) is 33.1 Å².